The van der Waals surface area contributed by atoms with E-state index in [1.807, 2.05) is 36.4 Å². The zero-order valence-electron chi connectivity index (χ0n) is 35.7. The number of carbonyl (C=O) groups excluding carboxylic acids is 2. The summed E-state index contributed by atoms with van der Waals surface area (Å²) in [6.45, 7) is 13.7. The molecule has 5 aromatic rings. The third kappa shape index (κ3) is 15.7. The molecule has 0 bridgehead atoms. The largest absolute Gasteiger partial charge is 0.355 e. The van der Waals surface area contributed by atoms with E-state index in [2.05, 4.69) is 117 Å². The lowest BCUT2D eigenvalue weighted by atomic mass is 9.97. The number of amides is 2. The maximum atomic E-state index is 11.3. The van der Waals surface area contributed by atoms with Crippen LogP contribution in [0.5, 0.6) is 0 Å². The number of carbonyl (C=O) groups is 2. The highest BCUT2D eigenvalue weighted by Crippen LogP contribution is 2.30. The van der Waals surface area contributed by atoms with Crippen molar-refractivity contribution in [1.29, 1.82) is 10.5 Å². The van der Waals surface area contributed by atoms with E-state index < -0.39 is 0 Å². The Morgan fingerprint density at radius 2 is 0.984 bits per heavy atom. The summed E-state index contributed by atoms with van der Waals surface area (Å²) in [4.78, 5) is 37.7. The number of nitrogens with one attached hydrogen (secondary N) is 4. The Kier molecular flexibility index (Phi) is 18.6. The Balaban J connectivity index is 1.29. The Bertz CT molecular complexity index is 2130. The second-order valence-corrected chi connectivity index (χ2v) is 15.1. The molecular weight excluding hydrogens is 761 g/mol. The van der Waals surface area contributed by atoms with Crippen LogP contribution in [0, 0.1) is 29.6 Å². The average molecular weight is 819 g/mol. The Morgan fingerprint density at radius 3 is 1.41 bits per heavy atom. The van der Waals surface area contributed by atoms with Gasteiger partial charge in [-0.25, -0.2) is 0 Å². The normalized spacial score (nSPS) is 11.0. The lowest BCUT2D eigenvalue weighted by molar-refractivity contribution is -0.119. The molecule has 0 spiro atoms. The van der Waals surface area contributed by atoms with Gasteiger partial charge in [0.15, 0.2) is 0 Å². The maximum Gasteiger partial charge on any atom is 0.216 e. The van der Waals surface area contributed by atoms with Gasteiger partial charge in [-0.05, 0) is 85.0 Å². The van der Waals surface area contributed by atoms with Gasteiger partial charge in [0.05, 0.1) is 46.0 Å². The van der Waals surface area contributed by atoms with Gasteiger partial charge in [-0.1, -0.05) is 54.6 Å². The van der Waals surface area contributed by atoms with Crippen molar-refractivity contribution in [3.8, 4) is 34.7 Å². The van der Waals surface area contributed by atoms with E-state index >= 15 is 0 Å². The number of hydrogen-bond donors (Lipinski definition) is 4. The number of benzene rings is 3. The summed E-state index contributed by atoms with van der Waals surface area (Å²) in [6, 6.07) is 38.8. The lowest BCUT2D eigenvalue weighted by Gasteiger charge is -2.23. The molecule has 316 valence electrons. The van der Waals surface area contributed by atoms with E-state index in [4.69, 9.17) is 9.97 Å². The number of nitriles is 2. The predicted molar refractivity (Wildman–Crippen MR) is 241 cm³/mol. The molecule has 2 amide bonds. The number of pyridine rings is 2. The zero-order valence-corrected chi connectivity index (χ0v) is 35.7. The van der Waals surface area contributed by atoms with Gasteiger partial charge >= 0.3 is 0 Å². The summed E-state index contributed by atoms with van der Waals surface area (Å²) in [5.74, 6) is -0.0709. The van der Waals surface area contributed by atoms with Crippen molar-refractivity contribution < 1.29 is 9.59 Å². The molecule has 0 unspecified atom stereocenters. The zero-order chi connectivity index (χ0) is 43.2. The van der Waals surface area contributed by atoms with Crippen molar-refractivity contribution in [2.45, 2.75) is 46.7 Å². The van der Waals surface area contributed by atoms with Crippen LogP contribution < -0.4 is 21.3 Å². The second-order valence-electron chi connectivity index (χ2n) is 15.1. The first-order chi connectivity index (χ1) is 29.7. The van der Waals surface area contributed by atoms with E-state index in [0.29, 0.717) is 50.4 Å². The first-order valence-corrected chi connectivity index (χ1v) is 21.1. The van der Waals surface area contributed by atoms with Gasteiger partial charge in [0.25, 0.3) is 0 Å². The fraction of sp³-hybridized carbons (Fsp3) is 0.347. The summed E-state index contributed by atoms with van der Waals surface area (Å²) in [5, 5.41) is 31.4. The van der Waals surface area contributed by atoms with Crippen LogP contribution in [0.4, 0.5) is 0 Å². The van der Waals surface area contributed by atoms with Crippen LogP contribution in [0.2, 0.25) is 0 Å². The SMILES string of the molecule is CC(=O)NCCNCCN(CCc1cccc(C#N)c1)Cc1cccc(-c2cccc(-c3cccc(CN(CCNCCNC(C)=O)CCc4cccc(C#N)c4)n3)c2C)n1. The molecule has 4 N–H and O–H groups in total. The summed E-state index contributed by atoms with van der Waals surface area (Å²) in [5.41, 5.74) is 10.5. The maximum absolute atomic E-state index is 11.3. The lowest BCUT2D eigenvalue weighted by Crippen LogP contribution is -2.36. The van der Waals surface area contributed by atoms with E-state index in [1.165, 1.54) is 13.8 Å². The molecule has 12 heteroatoms. The highest BCUT2D eigenvalue weighted by molar-refractivity contribution is 5.75. The molecule has 3 aromatic carbocycles. The van der Waals surface area contributed by atoms with Crippen molar-refractivity contribution in [2.75, 3.05) is 65.4 Å². The second kappa shape index (κ2) is 24.7. The van der Waals surface area contributed by atoms with Gasteiger partial charge in [-0.3, -0.25) is 29.4 Å². The minimum absolute atomic E-state index is 0.0355. The van der Waals surface area contributed by atoms with Gasteiger partial charge in [-0.2, -0.15) is 10.5 Å². The molecule has 0 aliphatic carbocycles. The summed E-state index contributed by atoms with van der Waals surface area (Å²) >= 11 is 0. The van der Waals surface area contributed by atoms with Crippen LogP contribution in [-0.2, 0) is 35.5 Å². The fourth-order valence-electron chi connectivity index (χ4n) is 7.17. The average Bonchev–Trinajstić information content (AvgIpc) is 3.27. The number of rotatable bonds is 24. The van der Waals surface area contributed by atoms with Gasteiger partial charge in [-0.15, -0.1) is 0 Å². The molecule has 0 atom stereocenters. The molecule has 0 saturated heterocycles. The molecule has 2 heterocycles. The Hall–Kier alpha value is -6.28. The first kappa shape index (κ1) is 45.8. The Morgan fingerprint density at radius 1 is 0.557 bits per heavy atom. The summed E-state index contributed by atoms with van der Waals surface area (Å²) in [6.07, 6.45) is 1.61. The first-order valence-electron chi connectivity index (χ1n) is 21.1. The third-order valence-corrected chi connectivity index (χ3v) is 10.4. The van der Waals surface area contributed by atoms with Crippen LogP contribution in [0.3, 0.4) is 0 Å². The minimum Gasteiger partial charge on any atom is -0.355 e. The van der Waals surface area contributed by atoms with Crippen molar-refractivity contribution in [1.82, 2.24) is 41.0 Å². The fourth-order valence-corrected chi connectivity index (χ4v) is 7.17. The summed E-state index contributed by atoms with van der Waals surface area (Å²) < 4.78 is 0. The van der Waals surface area contributed by atoms with Crippen molar-refractivity contribution in [3.05, 3.63) is 142 Å². The molecule has 0 aliphatic heterocycles. The molecule has 2 aromatic heterocycles. The molecule has 0 aliphatic rings. The quantitative estimate of drug-likeness (QED) is 0.0594. The Labute approximate surface area is 361 Å². The topological polar surface area (TPSA) is 162 Å². The number of aromatic nitrogens is 2. The van der Waals surface area contributed by atoms with Crippen LogP contribution in [0.25, 0.3) is 22.5 Å². The van der Waals surface area contributed by atoms with Gasteiger partial charge in [0, 0.05) is 104 Å². The van der Waals surface area contributed by atoms with Crippen molar-refractivity contribution in [3.63, 3.8) is 0 Å². The standard InChI is InChI=1S/C49H58N10O2/c1-37-46(48-17-6-13-44(56-48)35-58(29-25-52-21-23-54-38(2)60)27-19-40-9-4-11-42(31-40)33-50)15-8-16-47(37)49-18-7-14-45(57-49)36-59(30-26-53-22-24-55-39(3)61)28-20-41-10-5-12-43(32-41)34-51/h4-18,31-32,52-53H,19-30,35-36H2,1-3H3,(H,54,60)(H,55,61). The number of hydrogen-bond acceptors (Lipinski definition) is 10. The third-order valence-electron chi connectivity index (χ3n) is 10.4. The molecule has 0 saturated carbocycles. The molecule has 61 heavy (non-hydrogen) atoms. The van der Waals surface area contributed by atoms with Crippen LogP contribution in [0.15, 0.2) is 103 Å². The van der Waals surface area contributed by atoms with Crippen molar-refractivity contribution in [2.24, 2.45) is 0 Å². The number of nitrogens with zero attached hydrogens (tertiary/aromatic N) is 6. The van der Waals surface area contributed by atoms with Crippen LogP contribution in [-0.4, -0.2) is 97.0 Å². The summed E-state index contributed by atoms with van der Waals surface area (Å²) in [7, 11) is 0. The van der Waals surface area contributed by atoms with E-state index in [9.17, 15) is 20.1 Å². The van der Waals surface area contributed by atoms with E-state index in [1.54, 1.807) is 0 Å². The van der Waals surface area contributed by atoms with Crippen LogP contribution >= 0.6 is 0 Å². The van der Waals surface area contributed by atoms with Gasteiger partial charge in [0.2, 0.25) is 11.8 Å². The van der Waals surface area contributed by atoms with Gasteiger partial charge in [0.1, 0.15) is 0 Å². The monoisotopic (exact) mass is 818 g/mol. The highest BCUT2D eigenvalue weighted by Gasteiger charge is 2.15. The van der Waals surface area contributed by atoms with E-state index in [0.717, 1.165) is 103 Å². The highest BCUT2D eigenvalue weighted by atomic mass is 16.2. The smallest absolute Gasteiger partial charge is 0.216 e. The molecule has 12 nitrogen and oxygen atoms in total. The van der Waals surface area contributed by atoms with E-state index in [-0.39, 0.29) is 11.8 Å². The minimum atomic E-state index is -0.0355. The van der Waals surface area contributed by atoms with Gasteiger partial charge < -0.3 is 21.3 Å². The van der Waals surface area contributed by atoms with Crippen molar-refractivity contribution >= 4 is 11.8 Å². The molecular formula is C49H58N10O2. The molecule has 5 rings (SSSR count). The van der Waals surface area contributed by atoms with Crippen LogP contribution in [0.1, 0.15) is 53.1 Å². The molecule has 0 radical (unpaired) electrons. The molecule has 0 fully saturated rings. The predicted octanol–water partition coefficient (Wildman–Crippen LogP) is 5.40.